The van der Waals surface area contributed by atoms with Crippen molar-refractivity contribution in [2.24, 2.45) is 11.8 Å². The SMILES string of the molecule is C=CCN(C)C(=O)[C@H]1[C@H]2C(=O)N([C@H](CO)c3ccccc3)C(C(=O)N(CC=C)c3ccc4ccccc4c3)C23CC(Br)[C@@H]1S3. The number of likely N-dealkylation sites (tertiary alicyclic amines) is 1. The van der Waals surface area contributed by atoms with Crippen molar-refractivity contribution in [3.05, 3.63) is 104 Å². The molecule has 3 aliphatic heterocycles. The number of rotatable bonds is 10. The van der Waals surface area contributed by atoms with Gasteiger partial charge in [0.15, 0.2) is 0 Å². The van der Waals surface area contributed by atoms with Gasteiger partial charge in [0.2, 0.25) is 11.8 Å². The lowest BCUT2D eigenvalue weighted by Crippen LogP contribution is -2.56. The molecule has 7 nitrogen and oxygen atoms in total. The normalized spacial score (nSPS) is 27.7. The molecule has 9 heteroatoms. The highest BCUT2D eigenvalue weighted by Crippen LogP contribution is 2.68. The summed E-state index contributed by atoms with van der Waals surface area (Å²) in [4.78, 5) is 48.6. The van der Waals surface area contributed by atoms with Gasteiger partial charge in [0.05, 0.1) is 29.2 Å². The van der Waals surface area contributed by atoms with E-state index in [1.165, 1.54) is 0 Å². The molecule has 0 radical (unpaired) electrons. The Bertz CT molecular complexity index is 1620. The van der Waals surface area contributed by atoms with Crippen molar-refractivity contribution in [2.45, 2.75) is 33.3 Å². The van der Waals surface area contributed by atoms with Crippen LogP contribution in [0.4, 0.5) is 5.69 Å². The second-order valence-corrected chi connectivity index (χ2v) is 14.5. The van der Waals surface area contributed by atoms with Gasteiger partial charge in [-0.1, -0.05) is 88.7 Å². The van der Waals surface area contributed by atoms with E-state index in [-0.39, 0.29) is 41.0 Å². The Morgan fingerprint density at radius 1 is 1.05 bits per heavy atom. The Morgan fingerprint density at radius 3 is 2.41 bits per heavy atom. The number of hydrogen-bond donors (Lipinski definition) is 1. The maximum Gasteiger partial charge on any atom is 0.251 e. The quantitative estimate of drug-likeness (QED) is 0.236. The fourth-order valence-corrected chi connectivity index (χ4v) is 11.1. The lowest BCUT2D eigenvalue weighted by Gasteiger charge is -2.40. The van der Waals surface area contributed by atoms with Crippen LogP contribution >= 0.6 is 27.7 Å². The minimum atomic E-state index is -0.915. The van der Waals surface area contributed by atoms with Gasteiger partial charge >= 0.3 is 0 Å². The molecule has 3 aromatic rings. The van der Waals surface area contributed by atoms with Crippen molar-refractivity contribution in [3.63, 3.8) is 0 Å². The van der Waals surface area contributed by atoms with Crippen LogP contribution in [-0.4, -0.2) is 80.2 Å². The molecule has 1 N–H and O–H groups in total. The third-order valence-corrected chi connectivity index (χ3v) is 12.6. The molecule has 228 valence electrons. The van der Waals surface area contributed by atoms with Gasteiger partial charge in [-0.25, -0.2) is 0 Å². The molecular weight excluding hydrogens is 638 g/mol. The van der Waals surface area contributed by atoms with Crippen molar-refractivity contribution in [1.29, 1.82) is 0 Å². The number of carbonyl (C=O) groups excluding carboxylic acids is 3. The topological polar surface area (TPSA) is 81.2 Å². The Kier molecular flexibility index (Phi) is 8.48. The largest absolute Gasteiger partial charge is 0.394 e. The number of aliphatic hydroxyl groups excluding tert-OH is 1. The number of halogens is 1. The summed E-state index contributed by atoms with van der Waals surface area (Å²) in [6.45, 7) is 7.96. The number of thioether (sulfide) groups is 1. The minimum Gasteiger partial charge on any atom is -0.394 e. The molecule has 6 rings (SSSR count). The van der Waals surface area contributed by atoms with Gasteiger partial charge in [-0.05, 0) is 34.9 Å². The standard InChI is InChI=1S/C35H36BrN3O4S/c1-4-17-37(3)32(41)28-29-33(42)39(27(21-40)23-12-7-6-8-13-23)31(35(29)20-26(36)30(28)44-35)34(43)38(18-5-2)25-16-15-22-11-9-10-14-24(22)19-25/h4-16,19,26-31,40H,1-2,17-18,20-21H2,3H3/t26?,27-,28+,29+,30+,31?,35?/m1/s1. The molecule has 7 atom stereocenters. The van der Waals surface area contributed by atoms with E-state index < -0.39 is 28.7 Å². The number of hydrogen-bond acceptors (Lipinski definition) is 5. The number of nitrogens with zero attached hydrogens (tertiary/aromatic N) is 3. The molecule has 3 amide bonds. The van der Waals surface area contributed by atoms with Gasteiger partial charge in [-0.15, -0.1) is 24.9 Å². The Morgan fingerprint density at radius 2 is 1.73 bits per heavy atom. The summed E-state index contributed by atoms with van der Waals surface area (Å²) in [5, 5.41) is 12.7. The van der Waals surface area contributed by atoms with Crippen LogP contribution in [0.15, 0.2) is 98.1 Å². The highest BCUT2D eigenvalue weighted by atomic mass is 79.9. The second-order valence-electron chi connectivity index (χ2n) is 11.8. The number of benzene rings is 3. The molecule has 3 aromatic carbocycles. The first-order chi connectivity index (χ1) is 21.3. The van der Waals surface area contributed by atoms with E-state index in [1.54, 1.807) is 45.7 Å². The molecule has 3 saturated heterocycles. The Hall–Kier alpha value is -3.40. The molecule has 3 aliphatic rings. The third kappa shape index (κ3) is 4.80. The molecule has 0 aliphatic carbocycles. The summed E-state index contributed by atoms with van der Waals surface area (Å²) in [5.74, 6) is -1.95. The molecule has 1 spiro atoms. The second kappa shape index (κ2) is 12.2. The molecule has 0 aromatic heterocycles. The van der Waals surface area contributed by atoms with Crippen molar-refractivity contribution < 1.29 is 19.5 Å². The van der Waals surface area contributed by atoms with Gasteiger partial charge in [0.1, 0.15) is 6.04 Å². The number of fused-ring (bicyclic) bond motifs is 2. The van der Waals surface area contributed by atoms with E-state index >= 15 is 4.79 Å². The van der Waals surface area contributed by atoms with E-state index in [4.69, 9.17) is 0 Å². The zero-order chi connectivity index (χ0) is 31.2. The summed E-state index contributed by atoms with van der Waals surface area (Å²) in [6, 6.07) is 21.5. The molecule has 44 heavy (non-hydrogen) atoms. The predicted molar refractivity (Wildman–Crippen MR) is 180 cm³/mol. The zero-order valence-corrected chi connectivity index (χ0v) is 27.0. The average Bonchev–Trinajstić information content (AvgIpc) is 3.63. The first kappa shape index (κ1) is 30.6. The first-order valence-corrected chi connectivity index (χ1v) is 16.6. The minimum absolute atomic E-state index is 0.0595. The molecule has 3 fully saturated rings. The average molecular weight is 675 g/mol. The number of alkyl halides is 1. The molecular formula is C35H36BrN3O4S. The maximum absolute atomic E-state index is 15.1. The molecule has 0 saturated carbocycles. The Balaban J connectivity index is 1.50. The van der Waals surface area contributed by atoms with Crippen LogP contribution in [0.3, 0.4) is 0 Å². The maximum atomic E-state index is 15.1. The van der Waals surface area contributed by atoms with E-state index in [2.05, 4.69) is 29.1 Å². The number of carbonyl (C=O) groups is 3. The van der Waals surface area contributed by atoms with Gasteiger partial charge in [-0.3, -0.25) is 14.4 Å². The van der Waals surface area contributed by atoms with Crippen LogP contribution in [0.1, 0.15) is 18.0 Å². The molecule has 3 unspecified atom stereocenters. The summed E-state index contributed by atoms with van der Waals surface area (Å²) in [5.41, 5.74) is 1.44. The summed E-state index contributed by atoms with van der Waals surface area (Å²) in [7, 11) is 1.72. The lowest BCUT2D eigenvalue weighted by molar-refractivity contribution is -0.144. The smallest absolute Gasteiger partial charge is 0.251 e. The highest BCUT2D eigenvalue weighted by Gasteiger charge is 2.76. The van der Waals surface area contributed by atoms with E-state index in [1.807, 2.05) is 72.8 Å². The van der Waals surface area contributed by atoms with Crippen LogP contribution in [-0.2, 0) is 14.4 Å². The fourth-order valence-electron chi connectivity index (χ4n) is 7.48. The monoisotopic (exact) mass is 673 g/mol. The first-order valence-electron chi connectivity index (χ1n) is 14.8. The fraction of sp³-hybridized carbons (Fsp3) is 0.343. The lowest BCUT2D eigenvalue weighted by atomic mass is 9.70. The van der Waals surface area contributed by atoms with Crippen molar-refractivity contribution in [3.8, 4) is 0 Å². The highest BCUT2D eigenvalue weighted by molar-refractivity contribution is 9.09. The number of aliphatic hydroxyl groups is 1. The van der Waals surface area contributed by atoms with Crippen LogP contribution in [0.2, 0.25) is 0 Å². The predicted octanol–water partition coefficient (Wildman–Crippen LogP) is 5.20. The van der Waals surface area contributed by atoms with E-state index in [0.29, 0.717) is 18.7 Å². The van der Waals surface area contributed by atoms with E-state index in [0.717, 1.165) is 16.3 Å². The van der Waals surface area contributed by atoms with Crippen LogP contribution in [0.5, 0.6) is 0 Å². The molecule has 2 bridgehead atoms. The summed E-state index contributed by atoms with van der Waals surface area (Å²) >= 11 is 5.44. The van der Waals surface area contributed by atoms with Crippen LogP contribution in [0, 0.1) is 11.8 Å². The van der Waals surface area contributed by atoms with Crippen LogP contribution in [0.25, 0.3) is 10.8 Å². The Labute approximate surface area is 270 Å². The van der Waals surface area contributed by atoms with Gasteiger partial charge in [-0.2, -0.15) is 0 Å². The zero-order valence-electron chi connectivity index (χ0n) is 24.6. The van der Waals surface area contributed by atoms with Gasteiger partial charge < -0.3 is 19.8 Å². The van der Waals surface area contributed by atoms with E-state index in [9.17, 15) is 14.7 Å². The van der Waals surface area contributed by atoms with Crippen molar-refractivity contribution in [1.82, 2.24) is 9.80 Å². The molecule has 3 heterocycles. The summed E-state index contributed by atoms with van der Waals surface area (Å²) < 4.78 is -0.860. The van der Waals surface area contributed by atoms with Crippen molar-refractivity contribution in [2.75, 3.05) is 31.6 Å². The summed E-state index contributed by atoms with van der Waals surface area (Å²) in [6.07, 6.45) is 3.91. The van der Waals surface area contributed by atoms with Gasteiger partial charge in [0, 0.05) is 35.9 Å². The number of likely N-dealkylation sites (N-methyl/N-ethyl adjacent to an activating group) is 1. The number of amides is 3. The van der Waals surface area contributed by atoms with Crippen molar-refractivity contribution >= 4 is 61.9 Å². The number of anilines is 1. The van der Waals surface area contributed by atoms with Crippen LogP contribution < -0.4 is 4.90 Å². The van der Waals surface area contributed by atoms with Gasteiger partial charge in [0.25, 0.3) is 5.91 Å². The third-order valence-electron chi connectivity index (χ3n) is 9.34.